The highest BCUT2D eigenvalue weighted by Gasteiger charge is 2.22. The predicted molar refractivity (Wildman–Crippen MR) is 374 cm³/mol. The molecule has 0 amide bonds. The highest BCUT2D eigenvalue weighted by atomic mass is 31.2. The van der Waals surface area contributed by atoms with Crippen molar-refractivity contribution in [2.24, 2.45) is 0 Å². The van der Waals surface area contributed by atoms with Crippen LogP contribution in [0.15, 0.2) is 60.8 Å². The molecule has 0 spiro atoms. The minimum atomic E-state index is -4.64. The number of carbonyl (C=O) groups excluding carboxylic acids is 2. The molecule has 0 rings (SSSR count). The zero-order chi connectivity index (χ0) is 63.4. The molecule has 0 aliphatic rings. The monoisotopic (exact) mass is 1240 g/mol. The van der Waals surface area contributed by atoms with E-state index < -0.39 is 26.5 Å². The van der Waals surface area contributed by atoms with Gasteiger partial charge in [0.15, 0.2) is 6.10 Å². The van der Waals surface area contributed by atoms with Crippen LogP contribution in [0.5, 0.6) is 0 Å². The number of carbonyl (C=O) groups is 2. The van der Waals surface area contributed by atoms with E-state index in [0.717, 1.165) is 70.6 Å². The first-order valence-electron chi connectivity index (χ1n) is 37.5. The number of hydrogen-bond donors (Lipinski definition) is 0. The van der Waals surface area contributed by atoms with Gasteiger partial charge in [-0.05, 0) is 57.8 Å². The molecule has 0 heterocycles. The molecule has 0 aliphatic heterocycles. The number of ether oxygens (including phenoxy) is 2. The minimum absolute atomic E-state index is 0.0291. The molecule has 2 atom stereocenters. The van der Waals surface area contributed by atoms with Crippen molar-refractivity contribution in [1.82, 2.24) is 0 Å². The van der Waals surface area contributed by atoms with E-state index in [4.69, 9.17) is 18.5 Å². The quantitative estimate of drug-likeness (QED) is 0.0195. The van der Waals surface area contributed by atoms with Crippen molar-refractivity contribution < 1.29 is 42.1 Å². The average molecular weight is 1240 g/mol. The van der Waals surface area contributed by atoms with Crippen LogP contribution < -0.4 is 4.89 Å². The number of phosphoric acid groups is 1. The number of esters is 2. The van der Waals surface area contributed by atoms with E-state index in [-0.39, 0.29) is 32.0 Å². The molecule has 510 valence electrons. The molecule has 0 aromatic heterocycles. The molecule has 2 unspecified atom stereocenters. The van der Waals surface area contributed by atoms with Crippen molar-refractivity contribution >= 4 is 19.8 Å². The van der Waals surface area contributed by atoms with Crippen molar-refractivity contribution in [3.63, 3.8) is 0 Å². The van der Waals surface area contributed by atoms with Gasteiger partial charge in [0.2, 0.25) is 0 Å². The molecule has 0 fully saturated rings. The van der Waals surface area contributed by atoms with Gasteiger partial charge >= 0.3 is 11.9 Å². The second kappa shape index (κ2) is 68.1. The first kappa shape index (κ1) is 84.7. The van der Waals surface area contributed by atoms with Crippen LogP contribution in [0.3, 0.4) is 0 Å². The number of likely N-dealkylation sites (N-methyl/N-ethyl adjacent to an activating group) is 1. The molecule has 10 heteroatoms. The lowest BCUT2D eigenvalue weighted by Gasteiger charge is -2.28. The molecular weight excluding hydrogens is 1100 g/mol. The van der Waals surface area contributed by atoms with Gasteiger partial charge in [0.1, 0.15) is 19.8 Å². The van der Waals surface area contributed by atoms with E-state index in [9.17, 15) is 19.0 Å². The molecule has 0 saturated heterocycles. The molecule has 0 aliphatic carbocycles. The van der Waals surface area contributed by atoms with Gasteiger partial charge in [0.05, 0.1) is 27.7 Å². The lowest BCUT2D eigenvalue weighted by molar-refractivity contribution is -0.870. The maximum atomic E-state index is 12.9. The summed E-state index contributed by atoms with van der Waals surface area (Å²) >= 11 is 0. The van der Waals surface area contributed by atoms with E-state index in [1.165, 1.54) is 263 Å². The van der Waals surface area contributed by atoms with E-state index in [1.807, 2.05) is 21.1 Å². The topological polar surface area (TPSA) is 111 Å². The third-order valence-corrected chi connectivity index (χ3v) is 17.8. The second-order valence-corrected chi connectivity index (χ2v) is 28.1. The van der Waals surface area contributed by atoms with Crippen molar-refractivity contribution in [3.05, 3.63) is 60.8 Å². The van der Waals surface area contributed by atoms with Crippen LogP contribution in [0.25, 0.3) is 0 Å². The second-order valence-electron chi connectivity index (χ2n) is 26.6. The Kier molecular flexibility index (Phi) is 66.3. The number of quaternary nitrogens is 1. The first-order valence-corrected chi connectivity index (χ1v) is 39.0. The predicted octanol–water partition coefficient (Wildman–Crippen LogP) is 23.9. The van der Waals surface area contributed by atoms with Crippen LogP contribution in [0.1, 0.15) is 367 Å². The van der Waals surface area contributed by atoms with Crippen LogP contribution in [0.4, 0.5) is 0 Å². The smallest absolute Gasteiger partial charge is 0.306 e. The fourth-order valence-electron chi connectivity index (χ4n) is 11.1. The normalized spacial score (nSPS) is 13.4. The number of phosphoric ester groups is 1. The fraction of sp³-hybridized carbons (Fsp3) is 0.844. The Morgan fingerprint density at radius 2 is 0.655 bits per heavy atom. The highest BCUT2D eigenvalue weighted by molar-refractivity contribution is 7.45. The van der Waals surface area contributed by atoms with Crippen LogP contribution in [-0.2, 0) is 32.7 Å². The molecule has 0 aromatic rings. The van der Waals surface area contributed by atoms with Gasteiger partial charge in [-0.2, -0.15) is 0 Å². The largest absolute Gasteiger partial charge is 0.756 e. The summed E-state index contributed by atoms with van der Waals surface area (Å²) in [7, 11) is 1.18. The van der Waals surface area contributed by atoms with Crippen molar-refractivity contribution in [1.29, 1.82) is 0 Å². The Labute approximate surface area is 540 Å². The Balaban J connectivity index is 3.97. The third kappa shape index (κ3) is 72.6. The number of unbranched alkanes of at least 4 members (excludes halogenated alkanes) is 46. The zero-order valence-electron chi connectivity index (χ0n) is 58.2. The summed E-state index contributed by atoms with van der Waals surface area (Å²) in [5, 5.41) is 0. The summed E-state index contributed by atoms with van der Waals surface area (Å²) in [6.07, 6.45) is 90.4. The first-order chi connectivity index (χ1) is 42.5. The number of hydrogen-bond acceptors (Lipinski definition) is 8. The molecule has 0 N–H and O–H groups in total. The van der Waals surface area contributed by atoms with Crippen LogP contribution in [0, 0.1) is 0 Å². The van der Waals surface area contributed by atoms with Crippen LogP contribution in [0.2, 0.25) is 0 Å². The molecular formula is C77H144NO8P. The molecule has 0 saturated carbocycles. The summed E-state index contributed by atoms with van der Waals surface area (Å²) in [5.41, 5.74) is 0. The summed E-state index contributed by atoms with van der Waals surface area (Å²) in [6.45, 7) is 4.20. The number of allylic oxidation sites excluding steroid dienone is 10. The van der Waals surface area contributed by atoms with E-state index >= 15 is 0 Å². The summed E-state index contributed by atoms with van der Waals surface area (Å²) in [6, 6.07) is 0. The highest BCUT2D eigenvalue weighted by Crippen LogP contribution is 2.38. The summed E-state index contributed by atoms with van der Waals surface area (Å²) < 4.78 is 34.4. The Morgan fingerprint density at radius 1 is 0.368 bits per heavy atom. The molecule has 87 heavy (non-hydrogen) atoms. The summed E-state index contributed by atoms with van der Waals surface area (Å²) in [5.74, 6) is -0.813. The number of nitrogens with zero attached hydrogens (tertiary/aromatic N) is 1. The Bertz CT molecular complexity index is 1650. The minimum Gasteiger partial charge on any atom is -0.756 e. The molecule has 0 radical (unpaired) electrons. The van der Waals surface area contributed by atoms with Crippen molar-refractivity contribution in [3.8, 4) is 0 Å². The van der Waals surface area contributed by atoms with Gasteiger partial charge < -0.3 is 27.9 Å². The fourth-order valence-corrected chi connectivity index (χ4v) is 11.8. The average Bonchev–Trinajstić information content (AvgIpc) is 3.50. The van der Waals surface area contributed by atoms with Gasteiger partial charge in [-0.3, -0.25) is 14.2 Å². The Hall–Kier alpha value is -2.29. The zero-order valence-corrected chi connectivity index (χ0v) is 59.1. The van der Waals surface area contributed by atoms with Crippen molar-refractivity contribution in [2.75, 3.05) is 47.5 Å². The van der Waals surface area contributed by atoms with E-state index in [0.29, 0.717) is 17.4 Å². The van der Waals surface area contributed by atoms with E-state index in [1.54, 1.807) is 0 Å². The third-order valence-electron chi connectivity index (χ3n) is 16.8. The molecule has 9 nitrogen and oxygen atoms in total. The lowest BCUT2D eigenvalue weighted by atomic mass is 10.0. The summed E-state index contributed by atoms with van der Waals surface area (Å²) in [4.78, 5) is 38.1. The lowest BCUT2D eigenvalue weighted by Crippen LogP contribution is -2.37. The molecule has 0 bridgehead atoms. The van der Waals surface area contributed by atoms with Crippen LogP contribution in [-0.4, -0.2) is 70.0 Å². The molecule has 0 aromatic carbocycles. The Morgan fingerprint density at radius 3 is 0.977 bits per heavy atom. The maximum absolute atomic E-state index is 12.9. The van der Waals surface area contributed by atoms with Crippen molar-refractivity contribution in [2.45, 2.75) is 373 Å². The van der Waals surface area contributed by atoms with E-state index in [2.05, 4.69) is 74.6 Å². The maximum Gasteiger partial charge on any atom is 0.306 e. The van der Waals surface area contributed by atoms with Gasteiger partial charge in [-0.1, -0.05) is 357 Å². The number of rotatable bonds is 70. The van der Waals surface area contributed by atoms with Gasteiger partial charge in [-0.15, -0.1) is 0 Å². The van der Waals surface area contributed by atoms with Gasteiger partial charge in [0, 0.05) is 12.8 Å². The SMILES string of the molecule is CC/C=C\C/C=C\C/C=C\C/C=C\C/C=C\CCCCCCCCCCCCCCCCCCCC(=O)OC(COC(=O)CCCCCCCCCCCCCCCCCCCCCCCCCCCCCCCC)COP(=O)([O-])OCC[N+](C)(C)C. The van der Waals surface area contributed by atoms with Gasteiger partial charge in [0.25, 0.3) is 7.82 Å². The van der Waals surface area contributed by atoms with Gasteiger partial charge in [-0.25, -0.2) is 0 Å². The standard InChI is InChI=1S/C77H144NO8P/c1-6-8-10-12-14-16-18-20-22-24-26-28-30-32-34-36-38-39-40-42-44-46-48-50-52-54-56-58-60-62-64-66-68-70-77(80)86-75(74-85-87(81,82)84-72-71-78(3,4)5)73-83-76(79)69-67-65-63-61-59-57-55-53-51-49-47-45-43-41-37-35-33-31-29-27-25-23-21-19-17-15-13-11-9-7-2/h8,10,14,16,20,22,26,28,32,34,75H,6-7,9,11-13,15,17-19,21,23-25,27,29-31,33,35-74H2,1-5H3/b10-8-,16-14-,22-20-,28-26-,34-32-. The van der Waals surface area contributed by atoms with Crippen LogP contribution >= 0.6 is 7.82 Å².